The Labute approximate surface area is 118 Å². The Balaban J connectivity index is 2.23. The molecule has 0 aromatic carbocycles. The van der Waals surface area contributed by atoms with Crippen LogP contribution in [-0.2, 0) is 4.79 Å². The quantitative estimate of drug-likeness (QED) is 0.697. The molecule has 0 bridgehead atoms. The van der Waals surface area contributed by atoms with Crippen LogP contribution in [0.3, 0.4) is 0 Å². The minimum Gasteiger partial charge on any atom is -0.346 e. The summed E-state index contributed by atoms with van der Waals surface area (Å²) in [5, 5.41) is 5.26. The molecule has 1 heterocycles. The maximum atomic E-state index is 12.0. The van der Waals surface area contributed by atoms with Gasteiger partial charge in [-0.15, -0.1) is 0 Å². The molecule has 0 spiro atoms. The van der Waals surface area contributed by atoms with Gasteiger partial charge in [-0.1, -0.05) is 6.92 Å². The molecular formula is C13H24F3N3O. The highest BCUT2D eigenvalue weighted by Gasteiger charge is 2.28. The first-order valence-corrected chi connectivity index (χ1v) is 7.17. The van der Waals surface area contributed by atoms with E-state index in [-0.39, 0.29) is 6.54 Å². The van der Waals surface area contributed by atoms with E-state index in [1.807, 2.05) is 10.2 Å². The Kier molecular flexibility index (Phi) is 7.29. The maximum absolute atomic E-state index is 12.0. The second kappa shape index (κ2) is 8.46. The molecule has 0 aliphatic carbocycles. The topological polar surface area (TPSA) is 44.4 Å². The number of likely N-dealkylation sites (tertiary alicyclic amines) is 1. The maximum Gasteiger partial charge on any atom is 0.405 e. The number of hydrogen-bond acceptors (Lipinski definition) is 3. The summed E-state index contributed by atoms with van der Waals surface area (Å²) >= 11 is 0. The molecule has 1 atom stereocenters. The van der Waals surface area contributed by atoms with Crippen LogP contribution in [0.15, 0.2) is 0 Å². The molecule has 4 nitrogen and oxygen atoms in total. The summed E-state index contributed by atoms with van der Waals surface area (Å²) in [6.45, 7) is 4.35. The fourth-order valence-corrected chi connectivity index (χ4v) is 2.40. The van der Waals surface area contributed by atoms with E-state index in [1.165, 1.54) is 0 Å². The summed E-state index contributed by atoms with van der Waals surface area (Å²) in [5.41, 5.74) is 0. The van der Waals surface area contributed by atoms with Gasteiger partial charge in [0.1, 0.15) is 6.54 Å². The minimum absolute atomic E-state index is 0.0559. The number of nitrogens with zero attached hydrogens (tertiary/aromatic N) is 1. The molecule has 1 fully saturated rings. The van der Waals surface area contributed by atoms with E-state index in [9.17, 15) is 18.0 Å². The van der Waals surface area contributed by atoms with E-state index in [0.717, 1.165) is 45.4 Å². The van der Waals surface area contributed by atoms with Crippen molar-refractivity contribution in [2.45, 2.75) is 32.4 Å². The highest BCUT2D eigenvalue weighted by Crippen LogP contribution is 2.16. The molecule has 118 valence electrons. The van der Waals surface area contributed by atoms with Gasteiger partial charge in [0.2, 0.25) is 5.91 Å². The van der Waals surface area contributed by atoms with Crippen LogP contribution in [0.25, 0.3) is 0 Å². The summed E-state index contributed by atoms with van der Waals surface area (Å²) < 4.78 is 36.0. The van der Waals surface area contributed by atoms with Gasteiger partial charge in [-0.25, -0.2) is 0 Å². The second-order valence-corrected chi connectivity index (χ2v) is 5.34. The SMILES string of the molecule is CCCNCC1CCCN(CC(=O)NCC(F)(F)F)C1. The highest BCUT2D eigenvalue weighted by molar-refractivity contribution is 5.78. The predicted octanol–water partition coefficient (Wildman–Crippen LogP) is 1.38. The zero-order chi connectivity index (χ0) is 15.0. The lowest BCUT2D eigenvalue weighted by Gasteiger charge is -2.32. The average molecular weight is 295 g/mol. The number of alkyl halides is 3. The van der Waals surface area contributed by atoms with Crippen molar-refractivity contribution < 1.29 is 18.0 Å². The predicted molar refractivity (Wildman–Crippen MR) is 71.4 cm³/mol. The van der Waals surface area contributed by atoms with E-state index in [1.54, 1.807) is 0 Å². The summed E-state index contributed by atoms with van der Waals surface area (Å²) in [5.74, 6) is -0.0739. The third-order valence-corrected chi connectivity index (χ3v) is 3.32. The number of nitrogens with one attached hydrogen (secondary N) is 2. The van der Waals surface area contributed by atoms with Gasteiger partial charge >= 0.3 is 6.18 Å². The van der Waals surface area contributed by atoms with Gasteiger partial charge in [0, 0.05) is 6.54 Å². The largest absolute Gasteiger partial charge is 0.405 e. The molecule has 0 saturated carbocycles. The fraction of sp³-hybridized carbons (Fsp3) is 0.923. The number of carbonyl (C=O) groups is 1. The van der Waals surface area contributed by atoms with Crippen LogP contribution in [0.2, 0.25) is 0 Å². The van der Waals surface area contributed by atoms with Crippen molar-refractivity contribution in [1.29, 1.82) is 0 Å². The number of rotatable bonds is 7. The van der Waals surface area contributed by atoms with E-state index in [4.69, 9.17) is 0 Å². The smallest absolute Gasteiger partial charge is 0.346 e. The van der Waals surface area contributed by atoms with Gasteiger partial charge in [-0.05, 0) is 44.8 Å². The van der Waals surface area contributed by atoms with Gasteiger partial charge in [0.15, 0.2) is 0 Å². The summed E-state index contributed by atoms with van der Waals surface area (Å²) in [6.07, 6.45) is -1.16. The van der Waals surface area contributed by atoms with Crippen molar-refractivity contribution in [1.82, 2.24) is 15.5 Å². The lowest BCUT2D eigenvalue weighted by molar-refractivity contribution is -0.139. The standard InChI is InChI=1S/C13H24F3N3O/c1-2-5-17-7-11-4-3-6-19(8-11)9-12(20)18-10-13(14,15)16/h11,17H,2-10H2,1H3,(H,18,20). The van der Waals surface area contributed by atoms with Crippen LogP contribution < -0.4 is 10.6 Å². The Bertz CT molecular complexity index is 297. The van der Waals surface area contributed by atoms with Gasteiger partial charge in [-0.2, -0.15) is 13.2 Å². The van der Waals surface area contributed by atoms with Crippen LogP contribution in [0.5, 0.6) is 0 Å². The first-order chi connectivity index (χ1) is 9.40. The van der Waals surface area contributed by atoms with Crippen LogP contribution in [0.4, 0.5) is 13.2 Å². The van der Waals surface area contributed by atoms with Crippen molar-refractivity contribution >= 4 is 5.91 Å². The van der Waals surface area contributed by atoms with Crippen molar-refractivity contribution in [2.75, 3.05) is 39.3 Å². The third kappa shape index (κ3) is 7.69. The molecule has 0 aromatic rings. The van der Waals surface area contributed by atoms with Crippen molar-refractivity contribution in [3.8, 4) is 0 Å². The lowest BCUT2D eigenvalue weighted by Crippen LogP contribution is -2.46. The zero-order valence-electron chi connectivity index (χ0n) is 11.9. The molecule has 1 aliphatic rings. The molecule has 1 rings (SSSR count). The van der Waals surface area contributed by atoms with Crippen LogP contribution >= 0.6 is 0 Å². The molecule has 0 radical (unpaired) electrons. The molecule has 2 N–H and O–H groups in total. The van der Waals surface area contributed by atoms with Gasteiger partial charge < -0.3 is 10.6 Å². The van der Waals surface area contributed by atoms with Gasteiger partial charge in [0.05, 0.1) is 6.54 Å². The number of carbonyl (C=O) groups excluding carboxylic acids is 1. The Morgan fingerprint density at radius 1 is 1.40 bits per heavy atom. The number of piperidine rings is 1. The average Bonchev–Trinajstić information content (AvgIpc) is 2.36. The monoisotopic (exact) mass is 295 g/mol. The van der Waals surface area contributed by atoms with Crippen molar-refractivity contribution in [2.24, 2.45) is 5.92 Å². The zero-order valence-corrected chi connectivity index (χ0v) is 11.9. The van der Waals surface area contributed by atoms with E-state index >= 15 is 0 Å². The Morgan fingerprint density at radius 2 is 2.15 bits per heavy atom. The van der Waals surface area contributed by atoms with Crippen LogP contribution in [-0.4, -0.2) is 56.3 Å². The van der Waals surface area contributed by atoms with E-state index in [2.05, 4.69) is 12.2 Å². The lowest BCUT2D eigenvalue weighted by atomic mass is 9.98. The number of hydrogen-bond donors (Lipinski definition) is 2. The van der Waals surface area contributed by atoms with E-state index < -0.39 is 18.6 Å². The van der Waals surface area contributed by atoms with Crippen molar-refractivity contribution in [3.05, 3.63) is 0 Å². The normalized spacial score (nSPS) is 20.9. The molecule has 1 unspecified atom stereocenters. The fourth-order valence-electron chi connectivity index (χ4n) is 2.40. The summed E-state index contributed by atoms with van der Waals surface area (Å²) in [6, 6.07) is 0. The highest BCUT2D eigenvalue weighted by atomic mass is 19.4. The number of halogens is 3. The Hall–Kier alpha value is -0.820. The first kappa shape index (κ1) is 17.2. The van der Waals surface area contributed by atoms with Crippen LogP contribution in [0, 0.1) is 5.92 Å². The first-order valence-electron chi connectivity index (χ1n) is 7.17. The molecule has 1 amide bonds. The Morgan fingerprint density at radius 3 is 2.80 bits per heavy atom. The van der Waals surface area contributed by atoms with Crippen LogP contribution in [0.1, 0.15) is 26.2 Å². The molecule has 20 heavy (non-hydrogen) atoms. The van der Waals surface area contributed by atoms with Gasteiger partial charge in [-0.3, -0.25) is 9.69 Å². The molecular weight excluding hydrogens is 271 g/mol. The molecule has 1 saturated heterocycles. The molecule has 1 aliphatic heterocycles. The summed E-state index contributed by atoms with van der Waals surface area (Å²) in [7, 11) is 0. The molecule has 0 aromatic heterocycles. The van der Waals surface area contributed by atoms with Gasteiger partial charge in [0.25, 0.3) is 0 Å². The second-order valence-electron chi connectivity index (χ2n) is 5.34. The molecule has 7 heteroatoms. The minimum atomic E-state index is -4.34. The number of amides is 1. The van der Waals surface area contributed by atoms with Crippen molar-refractivity contribution in [3.63, 3.8) is 0 Å². The third-order valence-electron chi connectivity index (χ3n) is 3.32. The summed E-state index contributed by atoms with van der Waals surface area (Å²) in [4.78, 5) is 13.4. The van der Waals surface area contributed by atoms with E-state index in [0.29, 0.717) is 5.92 Å².